The lowest BCUT2D eigenvalue weighted by molar-refractivity contribution is 0.415. The van der Waals surface area contributed by atoms with Gasteiger partial charge in [-0.1, -0.05) is 24.3 Å². The first kappa shape index (κ1) is 11.9. The Morgan fingerprint density at radius 3 is 2.47 bits per heavy atom. The summed E-state index contributed by atoms with van der Waals surface area (Å²) in [6.07, 6.45) is 5.35. The second-order valence-corrected chi connectivity index (χ2v) is 5.26. The van der Waals surface area contributed by atoms with E-state index in [-0.39, 0.29) is 0 Å². The molecule has 0 saturated heterocycles. The average molecular weight is 244 g/mol. The van der Waals surface area contributed by atoms with E-state index in [0.717, 1.165) is 12.2 Å². The maximum Gasteiger partial charge on any atom is 0.118 e. The van der Waals surface area contributed by atoms with Gasteiger partial charge in [0.05, 0.1) is 7.11 Å². The number of aryl methyl sites for hydroxylation is 1. The van der Waals surface area contributed by atoms with Gasteiger partial charge in [0.1, 0.15) is 5.75 Å². The van der Waals surface area contributed by atoms with Crippen molar-refractivity contribution in [1.29, 1.82) is 0 Å². The predicted octanol–water partition coefficient (Wildman–Crippen LogP) is 4.32. The van der Waals surface area contributed by atoms with E-state index in [4.69, 9.17) is 4.74 Å². The normalized spacial score (nSPS) is 10.9. The topological polar surface area (TPSA) is 9.23 Å². The van der Waals surface area contributed by atoms with Crippen LogP contribution >= 0.6 is 11.3 Å². The lowest BCUT2D eigenvalue weighted by atomic mass is 10.2. The number of ether oxygens (including phenoxy) is 1. The van der Waals surface area contributed by atoms with Crippen LogP contribution in [0.4, 0.5) is 0 Å². The molecule has 1 aromatic heterocycles. The first-order valence-corrected chi connectivity index (χ1v) is 6.45. The standard InChI is InChI=1S/C15H16OS/c1-12-6-11-15(17-12)5-3-4-13-7-9-14(16-2)10-8-13/h3-4,6-11H,5H2,1-2H3/b4-3+. The molecule has 0 unspecified atom stereocenters. The molecule has 2 aromatic rings. The highest BCUT2D eigenvalue weighted by Crippen LogP contribution is 2.17. The largest absolute Gasteiger partial charge is 0.497 e. The zero-order valence-electron chi connectivity index (χ0n) is 10.1. The van der Waals surface area contributed by atoms with E-state index in [1.807, 2.05) is 23.5 Å². The Bertz CT molecular complexity index is 494. The molecule has 0 aliphatic heterocycles. The van der Waals surface area contributed by atoms with E-state index in [1.165, 1.54) is 15.3 Å². The zero-order chi connectivity index (χ0) is 12.1. The van der Waals surface area contributed by atoms with Crippen molar-refractivity contribution in [2.24, 2.45) is 0 Å². The second kappa shape index (κ2) is 5.69. The van der Waals surface area contributed by atoms with Gasteiger partial charge in [0.15, 0.2) is 0 Å². The fourth-order valence-corrected chi connectivity index (χ4v) is 2.49. The average Bonchev–Trinajstić information content (AvgIpc) is 2.76. The molecule has 1 heterocycles. The van der Waals surface area contributed by atoms with Gasteiger partial charge in [0, 0.05) is 16.2 Å². The van der Waals surface area contributed by atoms with E-state index >= 15 is 0 Å². The molecule has 0 amide bonds. The molecular weight excluding hydrogens is 228 g/mol. The Kier molecular flexibility index (Phi) is 3.99. The van der Waals surface area contributed by atoms with Gasteiger partial charge in [0.25, 0.3) is 0 Å². The van der Waals surface area contributed by atoms with Gasteiger partial charge in [-0.15, -0.1) is 11.3 Å². The lowest BCUT2D eigenvalue weighted by Crippen LogP contribution is -1.81. The summed E-state index contributed by atoms with van der Waals surface area (Å²) in [4.78, 5) is 2.78. The van der Waals surface area contributed by atoms with Gasteiger partial charge in [-0.2, -0.15) is 0 Å². The van der Waals surface area contributed by atoms with Gasteiger partial charge in [-0.05, 0) is 36.8 Å². The number of thiophene rings is 1. The number of hydrogen-bond donors (Lipinski definition) is 0. The quantitative estimate of drug-likeness (QED) is 0.778. The SMILES string of the molecule is COc1ccc(/C=C/Cc2ccc(C)s2)cc1. The van der Waals surface area contributed by atoms with Gasteiger partial charge in [-0.3, -0.25) is 0 Å². The van der Waals surface area contributed by atoms with Crippen LogP contribution in [-0.2, 0) is 6.42 Å². The van der Waals surface area contributed by atoms with Crippen molar-refractivity contribution < 1.29 is 4.74 Å². The van der Waals surface area contributed by atoms with E-state index < -0.39 is 0 Å². The van der Waals surface area contributed by atoms with Crippen LogP contribution in [0.3, 0.4) is 0 Å². The fourth-order valence-electron chi connectivity index (χ4n) is 1.62. The smallest absolute Gasteiger partial charge is 0.118 e. The number of benzene rings is 1. The van der Waals surface area contributed by atoms with Crippen molar-refractivity contribution >= 4 is 17.4 Å². The zero-order valence-corrected chi connectivity index (χ0v) is 11.0. The van der Waals surface area contributed by atoms with Crippen LogP contribution in [0.15, 0.2) is 42.5 Å². The molecule has 1 aromatic carbocycles. The van der Waals surface area contributed by atoms with Crippen LogP contribution < -0.4 is 4.74 Å². The maximum absolute atomic E-state index is 5.12. The summed E-state index contributed by atoms with van der Waals surface area (Å²) in [7, 11) is 1.68. The second-order valence-electron chi connectivity index (χ2n) is 3.89. The number of rotatable bonds is 4. The third-order valence-corrected chi connectivity index (χ3v) is 3.56. The van der Waals surface area contributed by atoms with Crippen molar-refractivity contribution in [3.8, 4) is 5.75 Å². The highest BCUT2D eigenvalue weighted by atomic mass is 32.1. The molecule has 0 spiro atoms. The molecule has 0 fully saturated rings. The molecule has 0 aliphatic rings. The predicted molar refractivity (Wildman–Crippen MR) is 74.8 cm³/mol. The van der Waals surface area contributed by atoms with Crippen LogP contribution in [0.2, 0.25) is 0 Å². The Morgan fingerprint density at radius 1 is 1.12 bits per heavy atom. The molecule has 1 nitrogen and oxygen atoms in total. The van der Waals surface area contributed by atoms with Crippen LogP contribution in [-0.4, -0.2) is 7.11 Å². The molecular formula is C15H16OS. The lowest BCUT2D eigenvalue weighted by Gasteiger charge is -1.98. The minimum absolute atomic E-state index is 0.899. The molecule has 0 radical (unpaired) electrons. The van der Waals surface area contributed by atoms with Crippen molar-refractivity contribution in [3.05, 3.63) is 57.8 Å². The number of hydrogen-bond acceptors (Lipinski definition) is 2. The Balaban J connectivity index is 1.95. The summed E-state index contributed by atoms with van der Waals surface area (Å²) in [5.74, 6) is 0.899. The summed E-state index contributed by atoms with van der Waals surface area (Å²) in [6, 6.07) is 12.5. The van der Waals surface area contributed by atoms with E-state index in [1.54, 1.807) is 7.11 Å². The van der Waals surface area contributed by atoms with Crippen molar-refractivity contribution in [3.63, 3.8) is 0 Å². The highest BCUT2D eigenvalue weighted by Gasteiger charge is 1.93. The summed E-state index contributed by atoms with van der Waals surface area (Å²) in [5.41, 5.74) is 1.21. The van der Waals surface area contributed by atoms with Crippen LogP contribution in [0.5, 0.6) is 5.75 Å². The van der Waals surface area contributed by atoms with Crippen LogP contribution in [0, 0.1) is 6.92 Å². The summed E-state index contributed by atoms with van der Waals surface area (Å²) >= 11 is 1.86. The van der Waals surface area contributed by atoms with Gasteiger partial charge < -0.3 is 4.74 Å². The Labute approximate surface area is 106 Å². The molecule has 2 rings (SSSR count). The Morgan fingerprint density at radius 2 is 1.88 bits per heavy atom. The molecule has 0 bridgehead atoms. The molecule has 2 heteroatoms. The third kappa shape index (κ3) is 3.46. The number of allylic oxidation sites excluding steroid dienone is 1. The Hall–Kier alpha value is -1.54. The van der Waals surface area contributed by atoms with Crippen molar-refractivity contribution in [2.45, 2.75) is 13.3 Å². The minimum atomic E-state index is 0.899. The summed E-state index contributed by atoms with van der Waals surface area (Å²) < 4.78 is 5.12. The molecule has 0 atom stereocenters. The molecule has 0 N–H and O–H groups in total. The van der Waals surface area contributed by atoms with Crippen molar-refractivity contribution in [1.82, 2.24) is 0 Å². The maximum atomic E-state index is 5.12. The van der Waals surface area contributed by atoms with Crippen LogP contribution in [0.25, 0.3) is 6.08 Å². The molecule has 0 saturated carbocycles. The van der Waals surface area contributed by atoms with E-state index in [2.05, 4.69) is 43.3 Å². The van der Waals surface area contributed by atoms with Gasteiger partial charge in [0.2, 0.25) is 0 Å². The van der Waals surface area contributed by atoms with Gasteiger partial charge >= 0.3 is 0 Å². The summed E-state index contributed by atoms with van der Waals surface area (Å²) in [5, 5.41) is 0. The molecule has 88 valence electrons. The van der Waals surface area contributed by atoms with Crippen molar-refractivity contribution in [2.75, 3.05) is 7.11 Å². The van der Waals surface area contributed by atoms with Gasteiger partial charge in [-0.25, -0.2) is 0 Å². The molecule has 17 heavy (non-hydrogen) atoms. The monoisotopic (exact) mass is 244 g/mol. The van der Waals surface area contributed by atoms with Crippen LogP contribution in [0.1, 0.15) is 15.3 Å². The molecule has 0 aliphatic carbocycles. The first-order valence-electron chi connectivity index (χ1n) is 5.64. The van der Waals surface area contributed by atoms with E-state index in [9.17, 15) is 0 Å². The summed E-state index contributed by atoms with van der Waals surface area (Å²) in [6.45, 7) is 2.14. The highest BCUT2D eigenvalue weighted by molar-refractivity contribution is 7.11. The minimum Gasteiger partial charge on any atom is -0.497 e. The third-order valence-electron chi connectivity index (χ3n) is 2.54. The van der Waals surface area contributed by atoms with E-state index in [0.29, 0.717) is 0 Å². The number of methoxy groups -OCH3 is 1. The fraction of sp³-hybridized carbons (Fsp3) is 0.200. The first-order chi connectivity index (χ1) is 8.28.